The first-order valence-electron chi connectivity index (χ1n) is 6.95. The summed E-state index contributed by atoms with van der Waals surface area (Å²) in [6.45, 7) is 2.82. The van der Waals surface area contributed by atoms with Crippen LogP contribution in [0.4, 0.5) is 5.69 Å². The van der Waals surface area contributed by atoms with Crippen LogP contribution in [0.15, 0.2) is 18.2 Å². The molecule has 1 aromatic carbocycles. The quantitative estimate of drug-likeness (QED) is 0.699. The van der Waals surface area contributed by atoms with Gasteiger partial charge >= 0.3 is 0 Å². The number of para-hydroxylation sites is 1. The summed E-state index contributed by atoms with van der Waals surface area (Å²) in [5.74, 6) is 1.36. The molecule has 0 spiro atoms. The molecule has 0 aromatic heterocycles. The first kappa shape index (κ1) is 13.5. The van der Waals surface area contributed by atoms with Crippen molar-refractivity contribution in [2.75, 3.05) is 44.4 Å². The molecular weight excluding hydrogens is 260 g/mol. The molecule has 6 heteroatoms. The van der Waals surface area contributed by atoms with E-state index in [9.17, 15) is 5.11 Å². The summed E-state index contributed by atoms with van der Waals surface area (Å²) in [6, 6.07) is 5.77. The fraction of sp³-hybridized carbons (Fsp3) is 0.571. The fourth-order valence-electron chi connectivity index (χ4n) is 2.69. The van der Waals surface area contributed by atoms with Gasteiger partial charge in [-0.15, -0.1) is 0 Å². The number of aliphatic hydroxyl groups excluding tert-OH is 2. The normalized spacial score (nSPS) is 25.6. The van der Waals surface area contributed by atoms with Gasteiger partial charge in [-0.25, -0.2) is 0 Å². The maximum atomic E-state index is 9.52. The van der Waals surface area contributed by atoms with Crippen LogP contribution in [0.3, 0.4) is 0 Å². The number of rotatable bonds is 3. The van der Waals surface area contributed by atoms with Gasteiger partial charge < -0.3 is 29.9 Å². The number of nitrogens with zero attached hydrogens (tertiary/aromatic N) is 1. The largest absolute Gasteiger partial charge is 0.484 e. The Hall–Kier alpha value is -1.50. The third-order valence-corrected chi connectivity index (χ3v) is 3.74. The molecule has 2 atom stereocenters. The molecule has 2 aliphatic rings. The summed E-state index contributed by atoms with van der Waals surface area (Å²) in [5, 5.41) is 22.0. The summed E-state index contributed by atoms with van der Waals surface area (Å²) in [4.78, 5) is 2.15. The van der Waals surface area contributed by atoms with Gasteiger partial charge in [-0.3, -0.25) is 0 Å². The molecule has 0 aliphatic carbocycles. The van der Waals surface area contributed by atoms with Crippen LogP contribution in [0.2, 0.25) is 0 Å². The third kappa shape index (κ3) is 2.42. The molecule has 3 rings (SSSR count). The Morgan fingerprint density at radius 2 is 2.20 bits per heavy atom. The second-order valence-corrected chi connectivity index (χ2v) is 5.07. The minimum atomic E-state index is -0.311. The zero-order valence-electron chi connectivity index (χ0n) is 11.3. The van der Waals surface area contributed by atoms with Crippen molar-refractivity contribution in [3.63, 3.8) is 0 Å². The van der Waals surface area contributed by atoms with E-state index in [1.54, 1.807) is 0 Å². The Morgan fingerprint density at radius 1 is 1.30 bits per heavy atom. The van der Waals surface area contributed by atoms with Gasteiger partial charge in [-0.2, -0.15) is 0 Å². The highest BCUT2D eigenvalue weighted by atomic mass is 16.6. The van der Waals surface area contributed by atoms with Gasteiger partial charge in [0, 0.05) is 19.6 Å². The van der Waals surface area contributed by atoms with Crippen molar-refractivity contribution >= 4 is 5.69 Å². The first-order chi connectivity index (χ1) is 9.83. The van der Waals surface area contributed by atoms with Crippen LogP contribution >= 0.6 is 0 Å². The van der Waals surface area contributed by atoms with Crippen LogP contribution < -0.4 is 19.7 Å². The smallest absolute Gasteiger partial charge is 0.184 e. The van der Waals surface area contributed by atoms with Gasteiger partial charge in [-0.05, 0) is 12.1 Å². The zero-order valence-corrected chi connectivity index (χ0v) is 11.3. The minimum absolute atomic E-state index is 0.0365. The number of hydrogen-bond acceptors (Lipinski definition) is 6. The highest BCUT2D eigenvalue weighted by molar-refractivity contribution is 5.66. The number of piperazine rings is 1. The molecule has 2 aliphatic heterocycles. The molecule has 6 nitrogen and oxygen atoms in total. The summed E-state index contributed by atoms with van der Waals surface area (Å²) >= 11 is 0. The lowest BCUT2D eigenvalue weighted by Gasteiger charge is -2.39. The van der Waals surface area contributed by atoms with Gasteiger partial charge in [0.2, 0.25) is 0 Å². The summed E-state index contributed by atoms with van der Waals surface area (Å²) < 4.78 is 11.5. The number of anilines is 1. The van der Waals surface area contributed by atoms with Crippen LogP contribution in [0, 0.1) is 0 Å². The second-order valence-electron chi connectivity index (χ2n) is 5.07. The van der Waals surface area contributed by atoms with Crippen molar-refractivity contribution in [1.29, 1.82) is 0 Å². The maximum absolute atomic E-state index is 9.52. The molecule has 1 saturated heterocycles. The number of ether oxygens (including phenoxy) is 2. The average Bonchev–Trinajstić information content (AvgIpc) is 2.53. The zero-order chi connectivity index (χ0) is 13.9. The predicted molar refractivity (Wildman–Crippen MR) is 74.5 cm³/mol. The number of nitrogens with one attached hydrogen (secondary N) is 1. The molecule has 20 heavy (non-hydrogen) atoms. The molecule has 0 bridgehead atoms. The molecule has 0 saturated carbocycles. The van der Waals surface area contributed by atoms with Crippen LogP contribution in [-0.2, 0) is 0 Å². The topological polar surface area (TPSA) is 74.2 Å². The van der Waals surface area contributed by atoms with E-state index in [0.717, 1.165) is 25.3 Å². The van der Waals surface area contributed by atoms with Gasteiger partial charge in [0.1, 0.15) is 6.61 Å². The standard InChI is InChI=1S/C14H20N2O4/c17-7-10-6-15-4-5-16(10)12-2-1-3-13-14(12)19-9-11(8-18)20-13/h1-3,10-11,15,17-18H,4-9H2. The van der Waals surface area contributed by atoms with Crippen molar-refractivity contribution in [1.82, 2.24) is 5.32 Å². The molecule has 1 fully saturated rings. The molecule has 2 heterocycles. The van der Waals surface area contributed by atoms with Crippen LogP contribution in [0.5, 0.6) is 11.5 Å². The van der Waals surface area contributed by atoms with E-state index < -0.39 is 0 Å². The van der Waals surface area contributed by atoms with Crippen molar-refractivity contribution in [2.24, 2.45) is 0 Å². The summed E-state index contributed by atoms with van der Waals surface area (Å²) in [6.07, 6.45) is -0.311. The Balaban J connectivity index is 1.90. The Labute approximate surface area is 117 Å². The minimum Gasteiger partial charge on any atom is -0.484 e. The number of aliphatic hydroxyl groups is 2. The number of hydrogen-bond donors (Lipinski definition) is 3. The first-order valence-corrected chi connectivity index (χ1v) is 6.95. The number of fused-ring (bicyclic) bond motifs is 1. The molecule has 110 valence electrons. The molecule has 3 N–H and O–H groups in total. The Kier molecular flexibility index (Phi) is 3.95. The lowest BCUT2D eigenvalue weighted by atomic mass is 10.1. The van der Waals surface area contributed by atoms with Crippen molar-refractivity contribution in [3.05, 3.63) is 18.2 Å². The van der Waals surface area contributed by atoms with Gasteiger partial charge in [-0.1, -0.05) is 6.07 Å². The van der Waals surface area contributed by atoms with Crippen molar-refractivity contribution < 1.29 is 19.7 Å². The van der Waals surface area contributed by atoms with E-state index in [0.29, 0.717) is 18.1 Å². The Bertz CT molecular complexity index is 468. The van der Waals surface area contributed by atoms with Gasteiger partial charge in [0.15, 0.2) is 17.6 Å². The molecular formula is C14H20N2O4. The van der Waals surface area contributed by atoms with Crippen LogP contribution in [-0.4, -0.2) is 61.8 Å². The van der Waals surface area contributed by atoms with Crippen LogP contribution in [0.25, 0.3) is 0 Å². The average molecular weight is 280 g/mol. The fourth-order valence-corrected chi connectivity index (χ4v) is 2.69. The third-order valence-electron chi connectivity index (χ3n) is 3.74. The van der Waals surface area contributed by atoms with E-state index in [1.165, 1.54) is 0 Å². The second kappa shape index (κ2) is 5.87. The molecule has 0 amide bonds. The van der Waals surface area contributed by atoms with Gasteiger partial charge in [0.05, 0.1) is 24.9 Å². The molecule has 2 unspecified atom stereocenters. The highest BCUT2D eigenvalue weighted by Crippen LogP contribution is 2.41. The molecule has 1 aromatic rings. The monoisotopic (exact) mass is 280 g/mol. The van der Waals surface area contributed by atoms with E-state index in [1.807, 2.05) is 18.2 Å². The number of benzene rings is 1. The molecule has 0 radical (unpaired) electrons. The summed E-state index contributed by atoms with van der Waals surface area (Å²) in [7, 11) is 0. The van der Waals surface area contributed by atoms with Gasteiger partial charge in [0.25, 0.3) is 0 Å². The maximum Gasteiger partial charge on any atom is 0.184 e. The van der Waals surface area contributed by atoms with E-state index in [4.69, 9.17) is 14.6 Å². The Morgan fingerprint density at radius 3 is 3.00 bits per heavy atom. The lowest BCUT2D eigenvalue weighted by molar-refractivity contribution is 0.0458. The van der Waals surface area contributed by atoms with E-state index in [-0.39, 0.29) is 25.4 Å². The van der Waals surface area contributed by atoms with E-state index >= 15 is 0 Å². The highest BCUT2D eigenvalue weighted by Gasteiger charge is 2.29. The summed E-state index contributed by atoms with van der Waals surface area (Å²) in [5.41, 5.74) is 0.944. The van der Waals surface area contributed by atoms with Crippen LogP contribution in [0.1, 0.15) is 0 Å². The van der Waals surface area contributed by atoms with E-state index in [2.05, 4.69) is 10.2 Å². The lowest BCUT2D eigenvalue weighted by Crippen LogP contribution is -2.53. The SMILES string of the molecule is OCC1COc2c(cccc2N2CCNCC2CO)O1. The predicted octanol–water partition coefficient (Wildman–Crippen LogP) is -0.411. The van der Waals surface area contributed by atoms with Crippen molar-refractivity contribution in [2.45, 2.75) is 12.1 Å². The van der Waals surface area contributed by atoms with Crippen molar-refractivity contribution in [3.8, 4) is 11.5 Å².